The highest BCUT2D eigenvalue weighted by Crippen LogP contribution is 2.30. The molecule has 7 heteroatoms. The highest BCUT2D eigenvalue weighted by atomic mass is 16.6. The number of amides is 3. The van der Waals surface area contributed by atoms with Crippen LogP contribution < -0.4 is 10.6 Å². The number of nitrogens with zero attached hydrogens (tertiary/aromatic N) is 1. The van der Waals surface area contributed by atoms with Crippen molar-refractivity contribution in [2.75, 3.05) is 11.9 Å². The number of carbonyl (C=O) groups is 3. The van der Waals surface area contributed by atoms with Gasteiger partial charge in [-0.2, -0.15) is 0 Å². The summed E-state index contributed by atoms with van der Waals surface area (Å²) in [6, 6.07) is 19.4. The van der Waals surface area contributed by atoms with E-state index in [-0.39, 0.29) is 18.2 Å². The van der Waals surface area contributed by atoms with Gasteiger partial charge in [0.05, 0.1) is 0 Å². The minimum Gasteiger partial charge on any atom is -0.444 e. The lowest BCUT2D eigenvalue weighted by molar-refractivity contribution is -0.140. The summed E-state index contributed by atoms with van der Waals surface area (Å²) in [5, 5.41) is 5.95. The largest absolute Gasteiger partial charge is 0.444 e. The lowest BCUT2D eigenvalue weighted by Gasteiger charge is -2.35. The van der Waals surface area contributed by atoms with Crippen molar-refractivity contribution in [1.82, 2.24) is 10.2 Å². The molecule has 3 rings (SSSR count). The Morgan fingerprint density at radius 1 is 0.857 bits per heavy atom. The molecule has 3 aromatic carbocycles. The van der Waals surface area contributed by atoms with Gasteiger partial charge in [0.2, 0.25) is 5.91 Å². The first kappa shape index (κ1) is 32.4. The Bertz CT molecular complexity index is 1370. The summed E-state index contributed by atoms with van der Waals surface area (Å²) in [4.78, 5) is 43.3. The van der Waals surface area contributed by atoms with Crippen LogP contribution in [-0.4, -0.2) is 41.0 Å². The molecular formula is C35H45N3O4. The van der Waals surface area contributed by atoms with Crippen LogP contribution in [0.15, 0.2) is 66.7 Å². The molecule has 0 radical (unpaired) electrons. The van der Waals surface area contributed by atoms with Crippen LogP contribution in [0.3, 0.4) is 0 Å². The van der Waals surface area contributed by atoms with Crippen molar-refractivity contribution in [3.63, 3.8) is 0 Å². The van der Waals surface area contributed by atoms with Gasteiger partial charge in [-0.05, 0) is 82.7 Å². The van der Waals surface area contributed by atoms with E-state index in [1.807, 2.05) is 101 Å². The number of rotatable bonds is 10. The van der Waals surface area contributed by atoms with Crippen molar-refractivity contribution < 1.29 is 19.1 Å². The van der Waals surface area contributed by atoms with E-state index in [0.29, 0.717) is 13.0 Å². The van der Waals surface area contributed by atoms with Crippen LogP contribution in [0.1, 0.15) is 73.5 Å². The van der Waals surface area contributed by atoms with Gasteiger partial charge in [0.1, 0.15) is 17.7 Å². The Morgan fingerprint density at radius 3 is 2.10 bits per heavy atom. The quantitative estimate of drug-likeness (QED) is 0.275. The molecule has 0 heterocycles. The van der Waals surface area contributed by atoms with Gasteiger partial charge < -0.3 is 20.3 Å². The van der Waals surface area contributed by atoms with Crippen molar-refractivity contribution in [2.24, 2.45) is 0 Å². The van der Waals surface area contributed by atoms with E-state index < -0.39 is 23.8 Å². The van der Waals surface area contributed by atoms with Crippen molar-refractivity contribution >= 4 is 23.6 Å². The Kier molecular flexibility index (Phi) is 10.9. The summed E-state index contributed by atoms with van der Waals surface area (Å²) in [7, 11) is 0. The zero-order valence-electron chi connectivity index (χ0n) is 26.2. The number of aryl methyl sites for hydroxylation is 4. The second-order valence-corrected chi connectivity index (χ2v) is 11.9. The second-order valence-electron chi connectivity index (χ2n) is 11.9. The highest BCUT2D eigenvalue weighted by Gasteiger charge is 2.37. The Hall–Kier alpha value is -4.13. The number of benzene rings is 3. The Balaban J connectivity index is 2.10. The number of nitrogens with one attached hydrogen (secondary N) is 2. The van der Waals surface area contributed by atoms with E-state index in [2.05, 4.69) is 10.6 Å². The molecule has 7 nitrogen and oxygen atoms in total. The maximum Gasteiger partial charge on any atom is 0.408 e. The first-order chi connectivity index (χ1) is 19.8. The molecule has 0 spiro atoms. The first-order valence-electron chi connectivity index (χ1n) is 14.6. The van der Waals surface area contributed by atoms with Crippen molar-refractivity contribution in [3.8, 4) is 0 Å². The molecule has 0 fully saturated rings. The van der Waals surface area contributed by atoms with Crippen molar-refractivity contribution in [3.05, 3.63) is 100 Å². The third kappa shape index (κ3) is 8.68. The predicted molar refractivity (Wildman–Crippen MR) is 169 cm³/mol. The van der Waals surface area contributed by atoms with E-state index in [4.69, 9.17) is 4.74 Å². The van der Waals surface area contributed by atoms with Gasteiger partial charge in [0.15, 0.2) is 0 Å². The minimum absolute atomic E-state index is 0.247. The number of anilines is 1. The zero-order chi connectivity index (χ0) is 31.0. The molecule has 0 saturated heterocycles. The maximum atomic E-state index is 14.5. The van der Waals surface area contributed by atoms with Gasteiger partial charge in [0.25, 0.3) is 5.91 Å². The van der Waals surface area contributed by atoms with Gasteiger partial charge in [-0.1, -0.05) is 79.2 Å². The van der Waals surface area contributed by atoms with Crippen LogP contribution in [0.4, 0.5) is 10.5 Å². The predicted octanol–water partition coefficient (Wildman–Crippen LogP) is 6.97. The SMILES string of the molecule is CCCN(C(=O)C(Cc1ccccc1)NC(=O)OC(C)(C)C)C(C(=O)Nc1c(C)cccc1C)c1cc(C)ccc1C. The van der Waals surface area contributed by atoms with Crippen LogP contribution in [0.2, 0.25) is 0 Å². The highest BCUT2D eigenvalue weighted by molar-refractivity contribution is 6.00. The third-order valence-electron chi connectivity index (χ3n) is 7.04. The molecule has 0 saturated carbocycles. The summed E-state index contributed by atoms with van der Waals surface area (Å²) in [5.74, 6) is -0.659. The lowest BCUT2D eigenvalue weighted by atomic mass is 9.95. The van der Waals surface area contributed by atoms with Crippen molar-refractivity contribution in [1.29, 1.82) is 0 Å². The normalized spacial score (nSPS) is 12.7. The molecule has 2 atom stereocenters. The van der Waals surface area contributed by atoms with Gasteiger partial charge in [-0.3, -0.25) is 9.59 Å². The molecule has 2 N–H and O–H groups in total. The monoisotopic (exact) mass is 571 g/mol. The van der Waals surface area contributed by atoms with E-state index in [1.54, 1.807) is 25.7 Å². The molecule has 3 amide bonds. The van der Waals surface area contributed by atoms with Crippen LogP contribution in [-0.2, 0) is 20.7 Å². The van der Waals surface area contributed by atoms with E-state index in [0.717, 1.165) is 39.1 Å². The summed E-state index contributed by atoms with van der Waals surface area (Å²) in [6.45, 7) is 15.4. The van der Waals surface area contributed by atoms with Crippen LogP contribution in [0.5, 0.6) is 0 Å². The standard InChI is InChI=1S/C35H45N3O4/c1-9-20-38(33(40)29(22-27-16-11-10-12-17-27)36-34(41)42-35(6,7)8)31(28-21-23(2)18-19-24(28)3)32(39)37-30-25(4)14-13-15-26(30)5/h10-19,21,29,31H,9,20,22H2,1-8H3,(H,36,41)(H,37,39). The number of alkyl carbamates (subject to hydrolysis) is 1. The van der Waals surface area contributed by atoms with Gasteiger partial charge in [-0.15, -0.1) is 0 Å². The number of ether oxygens (including phenoxy) is 1. The van der Waals surface area contributed by atoms with E-state index in [9.17, 15) is 14.4 Å². The molecule has 0 aromatic heterocycles. The van der Waals surface area contributed by atoms with Crippen molar-refractivity contribution in [2.45, 2.75) is 85.9 Å². The molecule has 0 aliphatic carbocycles. The summed E-state index contributed by atoms with van der Waals surface area (Å²) >= 11 is 0. The molecule has 42 heavy (non-hydrogen) atoms. The van der Waals surface area contributed by atoms with Crippen LogP contribution in [0.25, 0.3) is 0 Å². The second kappa shape index (κ2) is 14.2. The Morgan fingerprint density at radius 2 is 1.50 bits per heavy atom. The summed E-state index contributed by atoms with van der Waals surface area (Å²) in [5.41, 5.74) is 5.38. The number of para-hydroxylation sites is 1. The van der Waals surface area contributed by atoms with Crippen LogP contribution >= 0.6 is 0 Å². The molecule has 0 aliphatic rings. The topological polar surface area (TPSA) is 87.7 Å². The smallest absolute Gasteiger partial charge is 0.408 e. The van der Waals surface area contributed by atoms with Gasteiger partial charge >= 0.3 is 6.09 Å². The molecule has 0 bridgehead atoms. The average molecular weight is 572 g/mol. The fraction of sp³-hybridized carbons (Fsp3) is 0.400. The number of hydrogen-bond donors (Lipinski definition) is 2. The van der Waals surface area contributed by atoms with E-state index in [1.165, 1.54) is 0 Å². The third-order valence-corrected chi connectivity index (χ3v) is 7.04. The minimum atomic E-state index is -0.950. The maximum absolute atomic E-state index is 14.5. The fourth-order valence-corrected chi connectivity index (χ4v) is 5.02. The molecule has 2 unspecified atom stereocenters. The Labute approximate surface area is 250 Å². The fourth-order valence-electron chi connectivity index (χ4n) is 5.02. The zero-order valence-corrected chi connectivity index (χ0v) is 26.2. The molecule has 224 valence electrons. The first-order valence-corrected chi connectivity index (χ1v) is 14.6. The van der Waals surface area contributed by atoms with Gasteiger partial charge in [-0.25, -0.2) is 4.79 Å². The van der Waals surface area contributed by atoms with Crippen LogP contribution in [0, 0.1) is 27.7 Å². The number of carbonyl (C=O) groups excluding carboxylic acids is 3. The molecule has 0 aliphatic heterocycles. The van der Waals surface area contributed by atoms with E-state index >= 15 is 0 Å². The van der Waals surface area contributed by atoms with Gasteiger partial charge in [0, 0.05) is 18.7 Å². The average Bonchev–Trinajstić information content (AvgIpc) is 2.91. The summed E-state index contributed by atoms with van der Waals surface area (Å²) in [6.07, 6.45) is 0.183. The summed E-state index contributed by atoms with van der Waals surface area (Å²) < 4.78 is 5.53. The molecular weight excluding hydrogens is 526 g/mol. The number of hydrogen-bond acceptors (Lipinski definition) is 4. The lowest BCUT2D eigenvalue weighted by Crippen LogP contribution is -2.53. The molecule has 3 aromatic rings.